The number of hydrogen-bond donors (Lipinski definition) is 0. The van der Waals surface area contributed by atoms with Crippen LogP contribution in [0.5, 0.6) is 5.75 Å². The van der Waals surface area contributed by atoms with Crippen LogP contribution in [0.2, 0.25) is 23.2 Å². The molecule has 0 aliphatic heterocycles. The molecule has 0 heterocycles. The number of hydrogen-bond acceptors (Lipinski definition) is 3. The Morgan fingerprint density at radius 3 is 2.32 bits per heavy atom. The molecular formula is C12H17BrClNO3Si. The molecule has 0 unspecified atom stereocenters. The molecule has 19 heavy (non-hydrogen) atoms. The lowest BCUT2D eigenvalue weighted by molar-refractivity contribution is -0.385. The summed E-state index contributed by atoms with van der Waals surface area (Å²) in [6, 6.07) is 2.96. The van der Waals surface area contributed by atoms with Crippen molar-refractivity contribution in [3.05, 3.63) is 31.7 Å². The highest BCUT2D eigenvalue weighted by Crippen LogP contribution is 2.45. The van der Waals surface area contributed by atoms with Crippen molar-refractivity contribution >= 4 is 41.5 Å². The van der Waals surface area contributed by atoms with Gasteiger partial charge in [-0.15, -0.1) is 0 Å². The van der Waals surface area contributed by atoms with E-state index in [0.717, 1.165) is 0 Å². The topological polar surface area (TPSA) is 52.4 Å². The van der Waals surface area contributed by atoms with E-state index in [2.05, 4.69) is 36.7 Å². The molecule has 0 fully saturated rings. The monoisotopic (exact) mass is 365 g/mol. The Labute approximate surface area is 127 Å². The van der Waals surface area contributed by atoms with Crippen LogP contribution in [-0.4, -0.2) is 13.2 Å². The Morgan fingerprint density at radius 1 is 1.37 bits per heavy atom. The molecule has 4 nitrogen and oxygen atoms in total. The molecule has 106 valence electrons. The summed E-state index contributed by atoms with van der Waals surface area (Å²) in [5.74, 6) is 0.160. The van der Waals surface area contributed by atoms with Crippen LogP contribution in [0, 0.1) is 10.1 Å². The molecule has 0 atom stereocenters. The third-order valence-electron chi connectivity index (χ3n) is 3.39. The third-order valence-corrected chi connectivity index (χ3v) is 8.98. The summed E-state index contributed by atoms with van der Waals surface area (Å²) in [6.45, 7) is 10.2. The zero-order valence-electron chi connectivity index (χ0n) is 11.6. The first-order valence-corrected chi connectivity index (χ1v) is 9.86. The highest BCUT2D eigenvalue weighted by molar-refractivity contribution is 9.10. The standard InChI is InChI=1S/C12H17BrClNO3Si/c1-12(2,3)19(4,5)18-11-9(15(16)17)7-6-8(13)10(11)14/h6-7H,1-5H3. The molecule has 0 saturated carbocycles. The first kappa shape index (κ1) is 16.5. The Morgan fingerprint density at radius 2 is 1.89 bits per heavy atom. The summed E-state index contributed by atoms with van der Waals surface area (Å²) in [5, 5.41) is 11.3. The van der Waals surface area contributed by atoms with E-state index in [4.69, 9.17) is 16.0 Å². The number of halogens is 2. The van der Waals surface area contributed by atoms with Gasteiger partial charge in [0.25, 0.3) is 8.32 Å². The van der Waals surface area contributed by atoms with Crippen molar-refractivity contribution in [3.63, 3.8) is 0 Å². The van der Waals surface area contributed by atoms with Crippen molar-refractivity contribution < 1.29 is 9.35 Å². The number of nitro groups is 1. The normalized spacial score (nSPS) is 12.4. The van der Waals surface area contributed by atoms with Gasteiger partial charge in [0, 0.05) is 10.5 Å². The molecule has 0 aliphatic carbocycles. The van der Waals surface area contributed by atoms with Gasteiger partial charge < -0.3 is 4.43 Å². The molecule has 0 bridgehead atoms. The van der Waals surface area contributed by atoms with Crippen molar-refractivity contribution in [2.75, 3.05) is 0 Å². The fourth-order valence-corrected chi connectivity index (χ4v) is 2.77. The van der Waals surface area contributed by atoms with Crippen molar-refractivity contribution in [1.29, 1.82) is 0 Å². The Kier molecular flexibility index (Phi) is 4.69. The van der Waals surface area contributed by atoms with E-state index in [1.165, 1.54) is 6.07 Å². The van der Waals surface area contributed by atoms with E-state index in [1.807, 2.05) is 13.1 Å². The average Bonchev–Trinajstić information content (AvgIpc) is 2.22. The van der Waals surface area contributed by atoms with Crippen molar-refractivity contribution in [2.24, 2.45) is 0 Å². The molecule has 7 heteroatoms. The highest BCUT2D eigenvalue weighted by Gasteiger charge is 2.41. The van der Waals surface area contributed by atoms with Gasteiger partial charge in [-0.2, -0.15) is 0 Å². The van der Waals surface area contributed by atoms with Crippen molar-refractivity contribution in [2.45, 2.75) is 38.9 Å². The number of nitro benzene ring substituents is 1. The van der Waals surface area contributed by atoms with Crippen molar-refractivity contribution in [3.8, 4) is 5.75 Å². The Balaban J connectivity index is 3.35. The van der Waals surface area contributed by atoms with E-state index < -0.39 is 13.2 Å². The first-order valence-electron chi connectivity index (χ1n) is 5.79. The maximum Gasteiger partial charge on any atom is 0.311 e. The first-order chi connectivity index (χ1) is 8.47. The van der Waals surface area contributed by atoms with E-state index in [0.29, 0.717) is 4.47 Å². The van der Waals surface area contributed by atoms with Crippen LogP contribution in [0.15, 0.2) is 16.6 Å². The molecule has 0 aliphatic rings. The van der Waals surface area contributed by atoms with Gasteiger partial charge in [-0.25, -0.2) is 0 Å². The second-order valence-corrected chi connectivity index (χ2v) is 11.8. The van der Waals surface area contributed by atoms with Crippen LogP contribution in [-0.2, 0) is 0 Å². The zero-order chi connectivity index (χ0) is 15.0. The summed E-state index contributed by atoms with van der Waals surface area (Å²) in [4.78, 5) is 10.6. The predicted octanol–water partition coefficient (Wildman–Crippen LogP) is 5.39. The molecule has 0 amide bonds. The third kappa shape index (κ3) is 3.49. The van der Waals surface area contributed by atoms with Gasteiger partial charge in [0.1, 0.15) is 5.02 Å². The number of rotatable bonds is 3. The lowest BCUT2D eigenvalue weighted by Gasteiger charge is -2.36. The van der Waals surface area contributed by atoms with Gasteiger partial charge in [0.2, 0.25) is 5.75 Å². The number of benzene rings is 1. The fraction of sp³-hybridized carbons (Fsp3) is 0.500. The second-order valence-electron chi connectivity index (χ2n) is 5.83. The summed E-state index contributed by atoms with van der Waals surface area (Å²) < 4.78 is 6.60. The van der Waals surface area contributed by atoms with Gasteiger partial charge in [-0.1, -0.05) is 32.4 Å². The molecule has 0 saturated heterocycles. The molecule has 0 N–H and O–H groups in total. The zero-order valence-corrected chi connectivity index (χ0v) is 14.9. The van der Waals surface area contributed by atoms with Crippen LogP contribution in [0.4, 0.5) is 5.69 Å². The summed E-state index contributed by atoms with van der Waals surface area (Å²) >= 11 is 9.41. The van der Waals surface area contributed by atoms with Crippen LogP contribution < -0.4 is 4.43 Å². The van der Waals surface area contributed by atoms with Crippen molar-refractivity contribution in [1.82, 2.24) is 0 Å². The van der Waals surface area contributed by atoms with E-state index >= 15 is 0 Å². The molecule has 1 aromatic rings. The van der Waals surface area contributed by atoms with Crippen LogP contribution >= 0.6 is 27.5 Å². The smallest absolute Gasteiger partial charge is 0.311 e. The predicted molar refractivity (Wildman–Crippen MR) is 83.6 cm³/mol. The summed E-state index contributed by atoms with van der Waals surface area (Å²) in [7, 11) is -2.19. The van der Waals surface area contributed by atoms with E-state index in [9.17, 15) is 10.1 Å². The van der Waals surface area contributed by atoms with Gasteiger partial charge in [0.15, 0.2) is 0 Å². The molecule has 1 aromatic carbocycles. The average molecular weight is 367 g/mol. The fourth-order valence-electron chi connectivity index (χ4n) is 1.17. The molecule has 1 rings (SSSR count). The molecule has 0 radical (unpaired) electrons. The molecule has 0 spiro atoms. The minimum absolute atomic E-state index is 0.0630. The summed E-state index contributed by atoms with van der Waals surface area (Å²) in [6.07, 6.45) is 0. The second kappa shape index (κ2) is 5.42. The lowest BCUT2D eigenvalue weighted by Crippen LogP contribution is -2.44. The number of nitrogens with zero attached hydrogens (tertiary/aromatic N) is 1. The largest absolute Gasteiger partial charge is 0.538 e. The Bertz CT molecular complexity index is 514. The van der Waals surface area contributed by atoms with Crippen LogP contribution in [0.3, 0.4) is 0 Å². The minimum atomic E-state index is -2.19. The highest BCUT2D eigenvalue weighted by atomic mass is 79.9. The minimum Gasteiger partial charge on any atom is -0.538 e. The van der Waals surface area contributed by atoms with Gasteiger partial charge >= 0.3 is 5.69 Å². The van der Waals surface area contributed by atoms with Gasteiger partial charge in [-0.3, -0.25) is 10.1 Å². The van der Waals surface area contributed by atoms with Crippen LogP contribution in [0.25, 0.3) is 0 Å². The van der Waals surface area contributed by atoms with Gasteiger partial charge in [-0.05, 0) is 40.1 Å². The van der Waals surface area contributed by atoms with Crippen LogP contribution in [0.1, 0.15) is 20.8 Å². The molecular weight excluding hydrogens is 350 g/mol. The van der Waals surface area contributed by atoms with Gasteiger partial charge in [0.05, 0.1) is 4.92 Å². The van der Waals surface area contributed by atoms with E-state index in [1.54, 1.807) is 6.07 Å². The maximum absolute atomic E-state index is 11.1. The SMILES string of the molecule is CC(C)(C)[Si](C)(C)Oc1c([N+](=O)[O-])ccc(Br)c1Cl. The lowest BCUT2D eigenvalue weighted by atomic mass is 10.2. The van der Waals surface area contributed by atoms with E-state index in [-0.39, 0.29) is 21.5 Å². The quantitative estimate of drug-likeness (QED) is 0.409. The maximum atomic E-state index is 11.1. The summed E-state index contributed by atoms with van der Waals surface area (Å²) in [5.41, 5.74) is -0.0991. The Hall–Kier alpha value is -0.593. The molecule has 0 aromatic heterocycles.